The largest absolute Gasteiger partial charge is 0.344 e. The van der Waals surface area contributed by atoms with Crippen molar-refractivity contribution in [2.75, 3.05) is 5.75 Å². The van der Waals surface area contributed by atoms with Crippen molar-refractivity contribution in [3.63, 3.8) is 0 Å². The molecule has 1 aromatic carbocycles. The maximum atomic E-state index is 12.8. The lowest BCUT2D eigenvalue weighted by molar-refractivity contribution is -0.138. The molecule has 4 rings (SSSR count). The molecule has 3 aromatic rings. The normalized spacial score (nSPS) is 18.7. The van der Waals surface area contributed by atoms with Crippen LogP contribution in [0, 0.1) is 13.8 Å². The molecule has 0 saturated carbocycles. The molecule has 1 saturated heterocycles. The van der Waals surface area contributed by atoms with Crippen LogP contribution in [0.4, 0.5) is 4.79 Å². The summed E-state index contributed by atoms with van der Waals surface area (Å²) in [4.78, 5) is 46.1. The molecule has 0 aliphatic carbocycles. The van der Waals surface area contributed by atoms with Gasteiger partial charge in [0.05, 0.1) is 5.75 Å². The van der Waals surface area contributed by atoms with E-state index >= 15 is 0 Å². The molecular weight excluding hydrogens is 406 g/mol. The Morgan fingerprint density at radius 3 is 2.67 bits per heavy atom. The molecule has 11 heteroatoms. The second kappa shape index (κ2) is 7.41. The fourth-order valence-electron chi connectivity index (χ4n) is 3.20. The van der Waals surface area contributed by atoms with E-state index in [0.717, 1.165) is 23.1 Å². The van der Waals surface area contributed by atoms with Gasteiger partial charge in [-0.15, -0.1) is 5.10 Å². The monoisotopic (exact) mass is 425 g/mol. The fourth-order valence-corrected chi connectivity index (χ4v) is 3.81. The second-order valence-electron chi connectivity index (χ2n) is 7.03. The van der Waals surface area contributed by atoms with Crippen molar-refractivity contribution in [2.24, 2.45) is 0 Å². The zero-order chi connectivity index (χ0) is 21.5. The molecule has 0 unspecified atom stereocenters. The molecule has 4 amide bonds. The molecule has 154 valence electrons. The summed E-state index contributed by atoms with van der Waals surface area (Å²) >= 11 is 1.09. The number of nitrogens with zero attached hydrogens (tertiary/aromatic N) is 5. The van der Waals surface area contributed by atoms with Gasteiger partial charge < -0.3 is 5.32 Å². The first kappa shape index (κ1) is 19.8. The van der Waals surface area contributed by atoms with Gasteiger partial charge in [0.25, 0.3) is 11.7 Å². The summed E-state index contributed by atoms with van der Waals surface area (Å²) < 4.78 is 1.59. The van der Waals surface area contributed by atoms with Gasteiger partial charge in [0.15, 0.2) is 0 Å². The third-order valence-electron chi connectivity index (χ3n) is 4.71. The van der Waals surface area contributed by atoms with Gasteiger partial charge in [-0.3, -0.25) is 15.0 Å². The van der Waals surface area contributed by atoms with Gasteiger partial charge in [-0.2, -0.15) is 9.99 Å². The Kier molecular flexibility index (Phi) is 4.90. The zero-order valence-corrected chi connectivity index (χ0v) is 17.4. The Morgan fingerprint density at radius 1 is 1.20 bits per heavy atom. The van der Waals surface area contributed by atoms with Crippen LogP contribution in [0.15, 0.2) is 41.6 Å². The van der Waals surface area contributed by atoms with Crippen LogP contribution in [-0.4, -0.2) is 48.2 Å². The first-order valence-electron chi connectivity index (χ1n) is 9.13. The quantitative estimate of drug-likeness (QED) is 0.467. The van der Waals surface area contributed by atoms with E-state index in [1.807, 2.05) is 26.0 Å². The molecule has 2 N–H and O–H groups in total. The maximum Gasteiger partial charge on any atom is 0.344 e. The van der Waals surface area contributed by atoms with Gasteiger partial charge in [0, 0.05) is 11.4 Å². The molecule has 1 fully saturated rings. The van der Waals surface area contributed by atoms with Crippen LogP contribution in [0.1, 0.15) is 23.9 Å². The molecule has 1 aliphatic rings. The smallest absolute Gasteiger partial charge is 0.318 e. The van der Waals surface area contributed by atoms with Crippen LogP contribution in [0.5, 0.6) is 0 Å². The average molecular weight is 425 g/mol. The summed E-state index contributed by atoms with van der Waals surface area (Å²) in [6.07, 6.45) is 0. The van der Waals surface area contributed by atoms with E-state index in [-0.39, 0.29) is 5.75 Å². The average Bonchev–Trinajstić information content (AvgIpc) is 3.22. The highest BCUT2D eigenvalue weighted by Crippen LogP contribution is 2.27. The molecule has 1 aliphatic heterocycles. The van der Waals surface area contributed by atoms with E-state index in [0.29, 0.717) is 21.5 Å². The molecule has 3 heterocycles. The molecule has 10 nitrogen and oxygen atoms in total. The van der Waals surface area contributed by atoms with Crippen molar-refractivity contribution >= 4 is 35.4 Å². The standard InChI is InChI=1S/C19H19N7O3S/c1-11-9-12(2)25-16(20-11)21-17(24-25)30-10-14(27)23-26-15(28)19(3,22-18(26)29)13-7-5-4-6-8-13/h4-9H,10H2,1-3H3,(H,22,29)(H,23,27)/t19-/m0/s1. The minimum atomic E-state index is -1.25. The minimum absolute atomic E-state index is 0.0754. The first-order valence-corrected chi connectivity index (χ1v) is 10.1. The number of rotatable bonds is 5. The van der Waals surface area contributed by atoms with Crippen molar-refractivity contribution in [1.82, 2.24) is 35.3 Å². The number of carbonyl (C=O) groups is 3. The molecule has 0 radical (unpaired) electrons. The lowest BCUT2D eigenvalue weighted by Gasteiger charge is -2.22. The predicted molar refractivity (Wildman–Crippen MR) is 108 cm³/mol. The van der Waals surface area contributed by atoms with Gasteiger partial charge in [-0.25, -0.2) is 14.3 Å². The summed E-state index contributed by atoms with van der Waals surface area (Å²) in [6.45, 7) is 5.35. The molecule has 1 atom stereocenters. The first-order chi connectivity index (χ1) is 14.3. The lowest BCUT2D eigenvalue weighted by atomic mass is 9.92. The van der Waals surface area contributed by atoms with E-state index in [1.54, 1.807) is 35.7 Å². The number of hydrogen-bond acceptors (Lipinski definition) is 7. The van der Waals surface area contributed by atoms with Crippen LogP contribution in [0.25, 0.3) is 5.78 Å². The van der Waals surface area contributed by atoms with E-state index in [9.17, 15) is 14.4 Å². The Morgan fingerprint density at radius 2 is 1.93 bits per heavy atom. The van der Waals surface area contributed by atoms with Crippen molar-refractivity contribution in [3.8, 4) is 0 Å². The topological polar surface area (TPSA) is 122 Å². The zero-order valence-electron chi connectivity index (χ0n) is 16.5. The van der Waals surface area contributed by atoms with E-state index in [1.165, 1.54) is 0 Å². The summed E-state index contributed by atoms with van der Waals surface area (Å²) in [7, 11) is 0. The van der Waals surface area contributed by atoms with Crippen molar-refractivity contribution in [2.45, 2.75) is 31.5 Å². The summed E-state index contributed by atoms with van der Waals surface area (Å²) in [6, 6.07) is 10.0. The number of nitrogens with one attached hydrogen (secondary N) is 2. The highest BCUT2D eigenvalue weighted by atomic mass is 32.2. The number of amides is 4. The number of carbonyl (C=O) groups excluding carboxylic acids is 3. The SMILES string of the molecule is Cc1cc(C)n2nc(SCC(=O)NN3C(=O)N[C@@](C)(c4ccccc4)C3=O)nc2n1. The van der Waals surface area contributed by atoms with Gasteiger partial charge in [0.1, 0.15) is 5.54 Å². The van der Waals surface area contributed by atoms with Crippen LogP contribution >= 0.6 is 11.8 Å². The second-order valence-corrected chi connectivity index (χ2v) is 7.97. The number of imide groups is 1. The Balaban J connectivity index is 1.42. The van der Waals surface area contributed by atoms with Crippen LogP contribution in [-0.2, 0) is 15.1 Å². The molecule has 30 heavy (non-hydrogen) atoms. The third kappa shape index (κ3) is 3.47. The maximum absolute atomic E-state index is 12.8. The number of urea groups is 1. The van der Waals surface area contributed by atoms with Gasteiger partial charge in [-0.05, 0) is 32.4 Å². The fraction of sp³-hybridized carbons (Fsp3) is 0.263. The summed E-state index contributed by atoms with van der Waals surface area (Å²) in [5.41, 5.74) is 3.44. The lowest BCUT2D eigenvalue weighted by Crippen LogP contribution is -2.48. The highest BCUT2D eigenvalue weighted by molar-refractivity contribution is 7.99. The number of hydrogen-bond donors (Lipinski definition) is 2. The Hall–Kier alpha value is -3.47. The molecule has 2 aromatic heterocycles. The van der Waals surface area contributed by atoms with Crippen molar-refractivity contribution < 1.29 is 14.4 Å². The minimum Gasteiger partial charge on any atom is -0.318 e. The predicted octanol–water partition coefficient (Wildman–Crippen LogP) is 1.33. The number of fused-ring (bicyclic) bond motifs is 1. The number of aromatic nitrogens is 4. The molecule has 0 spiro atoms. The van der Waals surface area contributed by atoms with Crippen LogP contribution in [0.2, 0.25) is 0 Å². The van der Waals surface area contributed by atoms with Gasteiger partial charge in [-0.1, -0.05) is 42.1 Å². The highest BCUT2D eigenvalue weighted by Gasteiger charge is 2.49. The van der Waals surface area contributed by atoms with Gasteiger partial charge >= 0.3 is 6.03 Å². The summed E-state index contributed by atoms with van der Waals surface area (Å²) in [5, 5.41) is 8.03. The number of aryl methyl sites for hydroxylation is 2. The van der Waals surface area contributed by atoms with E-state index in [2.05, 4.69) is 25.8 Å². The Bertz CT molecular complexity index is 1160. The van der Waals surface area contributed by atoms with E-state index < -0.39 is 23.4 Å². The third-order valence-corrected chi connectivity index (χ3v) is 5.55. The van der Waals surface area contributed by atoms with Gasteiger partial charge in [0.2, 0.25) is 11.1 Å². The molecular formula is C19H19N7O3S. The Labute approximate surface area is 176 Å². The molecule has 0 bridgehead atoms. The van der Waals surface area contributed by atoms with Crippen LogP contribution in [0.3, 0.4) is 0 Å². The summed E-state index contributed by atoms with van der Waals surface area (Å²) in [5.74, 6) is -0.713. The van der Waals surface area contributed by atoms with Crippen molar-refractivity contribution in [3.05, 3.63) is 53.3 Å². The van der Waals surface area contributed by atoms with E-state index in [4.69, 9.17) is 0 Å². The van der Waals surface area contributed by atoms with Crippen molar-refractivity contribution in [1.29, 1.82) is 0 Å². The number of hydrazine groups is 1. The number of benzene rings is 1. The van der Waals surface area contributed by atoms with Crippen LogP contribution < -0.4 is 10.7 Å². The number of thioether (sulfide) groups is 1.